The SMILES string of the molecule is CCOC(=O)c1sc2nc(-c3ccc(O)cc3)c(NCc3cccc(C)c3)n2c1C. The lowest BCUT2D eigenvalue weighted by atomic mass is 10.1. The van der Waals surface area contributed by atoms with Gasteiger partial charge in [-0.05, 0) is 50.6 Å². The summed E-state index contributed by atoms with van der Waals surface area (Å²) in [5, 5.41) is 13.2. The van der Waals surface area contributed by atoms with Gasteiger partial charge >= 0.3 is 5.97 Å². The Bertz CT molecular complexity index is 1210. The predicted octanol–water partition coefficient (Wildman–Crippen LogP) is 5.17. The lowest BCUT2D eigenvalue weighted by molar-refractivity contribution is 0.0531. The van der Waals surface area contributed by atoms with Crippen LogP contribution in [0.3, 0.4) is 0 Å². The number of nitrogens with zero attached hydrogens (tertiary/aromatic N) is 2. The quantitative estimate of drug-likeness (QED) is 0.420. The number of aryl methyl sites for hydroxylation is 2. The van der Waals surface area contributed by atoms with Crippen LogP contribution in [0.1, 0.15) is 33.4 Å². The van der Waals surface area contributed by atoms with E-state index in [1.54, 1.807) is 19.1 Å². The van der Waals surface area contributed by atoms with Gasteiger partial charge in [0.05, 0.1) is 6.61 Å². The minimum atomic E-state index is -0.332. The molecule has 0 aliphatic rings. The monoisotopic (exact) mass is 421 g/mol. The van der Waals surface area contributed by atoms with Crippen LogP contribution in [0.15, 0.2) is 48.5 Å². The summed E-state index contributed by atoms with van der Waals surface area (Å²) >= 11 is 1.32. The molecule has 4 rings (SSSR count). The summed E-state index contributed by atoms with van der Waals surface area (Å²) in [5.41, 5.74) is 4.79. The summed E-state index contributed by atoms with van der Waals surface area (Å²) in [6.45, 7) is 6.71. The number of hydrogen-bond acceptors (Lipinski definition) is 6. The van der Waals surface area contributed by atoms with Gasteiger partial charge in [-0.15, -0.1) is 0 Å². The fourth-order valence-corrected chi connectivity index (χ4v) is 4.44. The van der Waals surface area contributed by atoms with E-state index in [4.69, 9.17) is 9.72 Å². The van der Waals surface area contributed by atoms with E-state index < -0.39 is 0 Å². The minimum absolute atomic E-state index is 0.204. The van der Waals surface area contributed by atoms with E-state index in [-0.39, 0.29) is 11.7 Å². The van der Waals surface area contributed by atoms with Crippen molar-refractivity contribution in [3.63, 3.8) is 0 Å². The van der Waals surface area contributed by atoms with Gasteiger partial charge in [0.15, 0.2) is 4.96 Å². The van der Waals surface area contributed by atoms with Crippen LogP contribution >= 0.6 is 11.3 Å². The van der Waals surface area contributed by atoms with Crippen molar-refractivity contribution in [2.75, 3.05) is 11.9 Å². The average Bonchev–Trinajstić information content (AvgIpc) is 3.24. The summed E-state index contributed by atoms with van der Waals surface area (Å²) in [6.07, 6.45) is 0. The molecule has 0 radical (unpaired) electrons. The molecule has 0 saturated heterocycles. The first-order valence-corrected chi connectivity index (χ1v) is 10.6. The van der Waals surface area contributed by atoms with Crippen molar-refractivity contribution in [1.29, 1.82) is 0 Å². The molecule has 2 heterocycles. The number of hydrogen-bond donors (Lipinski definition) is 2. The minimum Gasteiger partial charge on any atom is -0.508 e. The van der Waals surface area contributed by atoms with Gasteiger partial charge in [-0.1, -0.05) is 41.2 Å². The standard InChI is InChI=1S/C23H23N3O3S/c1-4-29-22(28)20-15(3)26-21(24-13-16-7-5-6-14(2)12-16)19(25-23(26)30-20)17-8-10-18(27)11-9-17/h5-12,24,27H,4,13H2,1-3H3. The molecule has 0 fully saturated rings. The second-order valence-corrected chi connectivity index (χ2v) is 8.03. The topological polar surface area (TPSA) is 75.9 Å². The van der Waals surface area contributed by atoms with Crippen LogP contribution in [0.4, 0.5) is 5.82 Å². The molecule has 0 atom stereocenters. The Kier molecular flexibility index (Phi) is 5.46. The summed E-state index contributed by atoms with van der Waals surface area (Å²) in [4.78, 5) is 18.4. The zero-order valence-electron chi connectivity index (χ0n) is 17.1. The van der Waals surface area contributed by atoms with E-state index >= 15 is 0 Å². The lowest BCUT2D eigenvalue weighted by Crippen LogP contribution is -2.07. The molecule has 154 valence electrons. The highest BCUT2D eigenvalue weighted by atomic mass is 32.1. The van der Waals surface area contributed by atoms with E-state index in [1.807, 2.05) is 29.5 Å². The van der Waals surface area contributed by atoms with Gasteiger partial charge in [-0.25, -0.2) is 9.78 Å². The number of phenols is 1. The van der Waals surface area contributed by atoms with Crippen molar-refractivity contribution in [3.05, 3.63) is 70.2 Å². The Hall–Kier alpha value is -3.32. The molecule has 0 spiro atoms. The maximum atomic E-state index is 12.4. The van der Waals surface area contributed by atoms with Crippen LogP contribution in [0.25, 0.3) is 16.2 Å². The molecule has 7 heteroatoms. The van der Waals surface area contributed by atoms with E-state index in [1.165, 1.54) is 16.9 Å². The van der Waals surface area contributed by atoms with Crippen molar-refractivity contribution in [3.8, 4) is 17.0 Å². The Balaban J connectivity index is 1.80. The van der Waals surface area contributed by atoms with Gasteiger partial charge in [0, 0.05) is 17.8 Å². The van der Waals surface area contributed by atoms with E-state index in [0.29, 0.717) is 23.0 Å². The number of ether oxygens (including phenoxy) is 1. The van der Waals surface area contributed by atoms with Crippen molar-refractivity contribution in [1.82, 2.24) is 9.38 Å². The normalized spacial score (nSPS) is 11.0. The third-order valence-corrected chi connectivity index (χ3v) is 5.97. The Morgan fingerprint density at radius 1 is 1.20 bits per heavy atom. The predicted molar refractivity (Wildman–Crippen MR) is 119 cm³/mol. The zero-order valence-corrected chi connectivity index (χ0v) is 17.9. The van der Waals surface area contributed by atoms with E-state index in [2.05, 4.69) is 30.4 Å². The second-order valence-electron chi connectivity index (χ2n) is 7.05. The highest BCUT2D eigenvalue weighted by Gasteiger charge is 2.23. The van der Waals surface area contributed by atoms with E-state index in [0.717, 1.165) is 28.3 Å². The summed E-state index contributed by atoms with van der Waals surface area (Å²) < 4.78 is 7.17. The molecule has 0 amide bonds. The maximum absolute atomic E-state index is 12.4. The van der Waals surface area contributed by atoms with Gasteiger partial charge in [0.1, 0.15) is 22.1 Å². The molecule has 30 heavy (non-hydrogen) atoms. The van der Waals surface area contributed by atoms with Gasteiger partial charge in [-0.2, -0.15) is 0 Å². The number of imidazole rings is 1. The molecule has 6 nitrogen and oxygen atoms in total. The lowest BCUT2D eigenvalue weighted by Gasteiger charge is -2.10. The van der Waals surface area contributed by atoms with Crippen molar-refractivity contribution >= 4 is 28.1 Å². The molecule has 4 aromatic rings. The van der Waals surface area contributed by atoms with Crippen LogP contribution in [-0.2, 0) is 11.3 Å². The number of aromatic nitrogens is 2. The first-order valence-electron chi connectivity index (χ1n) is 9.75. The third kappa shape index (κ3) is 3.76. The zero-order chi connectivity index (χ0) is 21.3. The number of esters is 1. The number of carbonyl (C=O) groups is 1. The number of fused-ring (bicyclic) bond motifs is 1. The highest BCUT2D eigenvalue weighted by Crippen LogP contribution is 2.35. The molecular weight excluding hydrogens is 398 g/mol. The van der Waals surface area contributed by atoms with Crippen LogP contribution in [0, 0.1) is 13.8 Å². The first kappa shape index (κ1) is 20.0. The number of benzene rings is 2. The molecule has 0 bridgehead atoms. The Morgan fingerprint density at radius 2 is 1.97 bits per heavy atom. The van der Waals surface area contributed by atoms with Crippen molar-refractivity contribution in [2.24, 2.45) is 0 Å². The Labute approximate surface area is 178 Å². The summed E-state index contributed by atoms with van der Waals surface area (Å²) in [6, 6.07) is 15.3. The second kappa shape index (κ2) is 8.20. The molecule has 0 aliphatic heterocycles. The number of aromatic hydroxyl groups is 1. The van der Waals surface area contributed by atoms with Gasteiger partial charge < -0.3 is 15.2 Å². The molecule has 2 aromatic carbocycles. The smallest absolute Gasteiger partial charge is 0.350 e. The maximum Gasteiger partial charge on any atom is 0.350 e. The molecule has 0 unspecified atom stereocenters. The number of thiazole rings is 1. The van der Waals surface area contributed by atoms with Gasteiger partial charge in [-0.3, -0.25) is 4.40 Å². The number of rotatable bonds is 6. The van der Waals surface area contributed by atoms with Crippen molar-refractivity contribution < 1.29 is 14.6 Å². The number of carbonyl (C=O) groups excluding carboxylic acids is 1. The third-order valence-electron chi connectivity index (χ3n) is 4.85. The highest BCUT2D eigenvalue weighted by molar-refractivity contribution is 7.19. The van der Waals surface area contributed by atoms with Gasteiger partial charge in [0.25, 0.3) is 0 Å². The number of anilines is 1. The van der Waals surface area contributed by atoms with E-state index in [9.17, 15) is 9.90 Å². The number of nitrogens with one attached hydrogen (secondary N) is 1. The molecule has 0 saturated carbocycles. The van der Waals surface area contributed by atoms with Crippen molar-refractivity contribution in [2.45, 2.75) is 27.3 Å². The van der Waals surface area contributed by atoms with Crippen LogP contribution < -0.4 is 5.32 Å². The molecule has 2 aromatic heterocycles. The van der Waals surface area contributed by atoms with Crippen LogP contribution in [0.2, 0.25) is 0 Å². The molecular formula is C23H23N3O3S. The van der Waals surface area contributed by atoms with Gasteiger partial charge in [0.2, 0.25) is 0 Å². The largest absolute Gasteiger partial charge is 0.508 e. The first-order chi connectivity index (χ1) is 14.5. The molecule has 2 N–H and O–H groups in total. The van der Waals surface area contributed by atoms with Crippen LogP contribution in [0.5, 0.6) is 5.75 Å². The fourth-order valence-electron chi connectivity index (χ4n) is 3.42. The average molecular weight is 422 g/mol. The summed E-state index contributed by atoms with van der Waals surface area (Å²) in [5.74, 6) is 0.678. The van der Waals surface area contributed by atoms with Crippen LogP contribution in [-0.4, -0.2) is 27.1 Å². The summed E-state index contributed by atoms with van der Waals surface area (Å²) in [7, 11) is 0. The molecule has 0 aliphatic carbocycles. The fraction of sp³-hybridized carbons (Fsp3) is 0.217. The number of phenolic OH excluding ortho intramolecular Hbond substituents is 1. The Morgan fingerprint density at radius 3 is 2.67 bits per heavy atom.